The molecule has 0 aromatic heterocycles. The lowest BCUT2D eigenvalue weighted by atomic mass is 9.98. The lowest BCUT2D eigenvalue weighted by molar-refractivity contribution is -0.111. The number of aldehydes is 1. The van der Waals surface area contributed by atoms with Crippen LogP contribution in [0.2, 0.25) is 18.6 Å². The fourth-order valence-electron chi connectivity index (χ4n) is 2.47. The molecule has 1 heterocycles. The fraction of sp³-hybridized carbons (Fsp3) is 0.889. The van der Waals surface area contributed by atoms with Crippen LogP contribution in [0.1, 0.15) is 13.8 Å². The van der Waals surface area contributed by atoms with Crippen molar-refractivity contribution in [2.75, 3.05) is 6.61 Å². The van der Waals surface area contributed by atoms with Crippen molar-refractivity contribution in [3.05, 3.63) is 0 Å². The average Bonchev–Trinajstić information content (AvgIpc) is 2.25. The van der Waals surface area contributed by atoms with E-state index in [0.717, 1.165) is 12.9 Å². The third-order valence-electron chi connectivity index (χ3n) is 2.92. The standard InChI is InChI=1S/C9H18O2Si/c1-7(5-10)9-8(2)6-11-12(9,3)4/h5,7-9H,6H2,1-4H3/t7-,8+,9-/m0/s1. The Morgan fingerprint density at radius 1 is 1.58 bits per heavy atom. The van der Waals surface area contributed by atoms with Gasteiger partial charge in [0, 0.05) is 12.5 Å². The van der Waals surface area contributed by atoms with Crippen molar-refractivity contribution in [2.45, 2.75) is 32.5 Å². The highest BCUT2D eigenvalue weighted by atomic mass is 28.4. The molecule has 0 amide bonds. The second-order valence-corrected chi connectivity index (χ2v) is 8.57. The quantitative estimate of drug-likeness (QED) is 0.487. The van der Waals surface area contributed by atoms with Crippen molar-refractivity contribution >= 4 is 14.6 Å². The Morgan fingerprint density at radius 3 is 2.50 bits per heavy atom. The fourth-order valence-corrected chi connectivity index (χ4v) is 6.16. The smallest absolute Gasteiger partial charge is 0.190 e. The van der Waals surface area contributed by atoms with Gasteiger partial charge in [0.05, 0.1) is 0 Å². The van der Waals surface area contributed by atoms with Crippen LogP contribution in [0.5, 0.6) is 0 Å². The van der Waals surface area contributed by atoms with Crippen molar-refractivity contribution in [1.82, 2.24) is 0 Å². The van der Waals surface area contributed by atoms with Crippen LogP contribution >= 0.6 is 0 Å². The van der Waals surface area contributed by atoms with E-state index in [2.05, 4.69) is 20.0 Å². The van der Waals surface area contributed by atoms with Crippen LogP contribution in [0.3, 0.4) is 0 Å². The lowest BCUT2D eigenvalue weighted by Crippen LogP contribution is -2.35. The molecule has 3 atom stereocenters. The van der Waals surface area contributed by atoms with Crippen molar-refractivity contribution in [1.29, 1.82) is 0 Å². The average molecular weight is 186 g/mol. The lowest BCUT2D eigenvalue weighted by Gasteiger charge is -2.27. The second-order valence-electron chi connectivity index (χ2n) is 4.41. The predicted octanol–water partition coefficient (Wildman–Crippen LogP) is 2.06. The summed E-state index contributed by atoms with van der Waals surface area (Å²) in [6.07, 6.45) is 1.07. The van der Waals surface area contributed by atoms with Crippen molar-refractivity contribution in [3.8, 4) is 0 Å². The summed E-state index contributed by atoms with van der Waals surface area (Å²) in [5.74, 6) is 0.732. The summed E-state index contributed by atoms with van der Waals surface area (Å²) in [5.41, 5.74) is 0.509. The minimum atomic E-state index is -1.55. The van der Waals surface area contributed by atoms with E-state index in [1.165, 1.54) is 0 Å². The topological polar surface area (TPSA) is 26.3 Å². The summed E-state index contributed by atoms with van der Waals surface area (Å²) in [4.78, 5) is 10.7. The molecule has 0 spiro atoms. The molecule has 0 radical (unpaired) electrons. The van der Waals surface area contributed by atoms with E-state index in [0.29, 0.717) is 11.5 Å². The first kappa shape index (κ1) is 9.93. The van der Waals surface area contributed by atoms with E-state index in [-0.39, 0.29) is 5.92 Å². The molecular weight excluding hydrogens is 168 g/mol. The van der Waals surface area contributed by atoms with Crippen LogP contribution in [-0.4, -0.2) is 21.2 Å². The molecule has 0 saturated carbocycles. The second kappa shape index (κ2) is 3.30. The molecule has 1 aliphatic heterocycles. The monoisotopic (exact) mass is 186 g/mol. The molecule has 0 aliphatic carbocycles. The minimum absolute atomic E-state index is 0.171. The first-order valence-electron chi connectivity index (χ1n) is 4.58. The first-order valence-corrected chi connectivity index (χ1v) is 7.57. The van der Waals surface area contributed by atoms with Gasteiger partial charge in [-0.1, -0.05) is 13.8 Å². The largest absolute Gasteiger partial charge is 0.417 e. The van der Waals surface area contributed by atoms with Crippen LogP contribution in [0.4, 0.5) is 0 Å². The van der Waals surface area contributed by atoms with Gasteiger partial charge in [0.2, 0.25) is 0 Å². The number of hydrogen-bond acceptors (Lipinski definition) is 2. The molecule has 2 nitrogen and oxygen atoms in total. The van der Waals surface area contributed by atoms with Gasteiger partial charge in [0.1, 0.15) is 6.29 Å². The molecule has 1 rings (SSSR count). The first-order chi connectivity index (χ1) is 5.49. The molecular formula is C9H18O2Si. The Morgan fingerprint density at radius 2 is 2.17 bits per heavy atom. The van der Waals surface area contributed by atoms with Gasteiger partial charge in [-0.25, -0.2) is 0 Å². The molecule has 70 valence electrons. The Kier molecular flexibility index (Phi) is 2.73. The summed E-state index contributed by atoms with van der Waals surface area (Å²) in [7, 11) is -1.55. The third kappa shape index (κ3) is 1.61. The van der Waals surface area contributed by atoms with Gasteiger partial charge in [-0.15, -0.1) is 0 Å². The van der Waals surface area contributed by atoms with E-state index in [1.54, 1.807) is 0 Å². The van der Waals surface area contributed by atoms with Gasteiger partial charge in [-0.3, -0.25) is 0 Å². The zero-order valence-electron chi connectivity index (χ0n) is 8.33. The molecule has 0 bridgehead atoms. The van der Waals surface area contributed by atoms with Crippen LogP contribution in [0.15, 0.2) is 0 Å². The maximum Gasteiger partial charge on any atom is 0.190 e. The Labute approximate surface area is 75.4 Å². The summed E-state index contributed by atoms with van der Waals surface area (Å²) < 4.78 is 5.77. The normalized spacial score (nSPS) is 36.3. The molecule has 1 aliphatic rings. The van der Waals surface area contributed by atoms with Gasteiger partial charge in [-0.05, 0) is 24.6 Å². The van der Waals surface area contributed by atoms with Crippen molar-refractivity contribution in [3.63, 3.8) is 0 Å². The summed E-state index contributed by atoms with van der Waals surface area (Å²) in [6, 6.07) is 0. The highest BCUT2D eigenvalue weighted by Crippen LogP contribution is 2.42. The van der Waals surface area contributed by atoms with Crippen LogP contribution in [0, 0.1) is 11.8 Å². The highest BCUT2D eigenvalue weighted by Gasteiger charge is 2.45. The van der Waals surface area contributed by atoms with Crippen molar-refractivity contribution in [2.24, 2.45) is 11.8 Å². The maximum atomic E-state index is 10.7. The zero-order chi connectivity index (χ0) is 9.35. The van der Waals surface area contributed by atoms with E-state index in [4.69, 9.17) is 4.43 Å². The molecule has 0 aromatic carbocycles. The molecule has 1 fully saturated rings. The molecule has 1 saturated heterocycles. The van der Waals surface area contributed by atoms with Gasteiger partial charge in [0.25, 0.3) is 0 Å². The third-order valence-corrected chi connectivity index (χ3v) is 6.53. The summed E-state index contributed by atoms with van der Waals surface area (Å²) in [5, 5.41) is 0. The van der Waals surface area contributed by atoms with E-state index >= 15 is 0 Å². The Hall–Kier alpha value is -0.153. The zero-order valence-corrected chi connectivity index (χ0v) is 9.33. The number of hydrogen-bond donors (Lipinski definition) is 0. The van der Waals surface area contributed by atoms with E-state index in [1.807, 2.05) is 6.92 Å². The van der Waals surface area contributed by atoms with Gasteiger partial charge < -0.3 is 9.22 Å². The number of carbonyl (C=O) groups is 1. The molecule has 0 unspecified atom stereocenters. The van der Waals surface area contributed by atoms with Crippen LogP contribution in [0.25, 0.3) is 0 Å². The van der Waals surface area contributed by atoms with E-state index < -0.39 is 8.32 Å². The van der Waals surface area contributed by atoms with Gasteiger partial charge in [-0.2, -0.15) is 0 Å². The highest BCUT2D eigenvalue weighted by molar-refractivity contribution is 6.73. The number of rotatable bonds is 2. The van der Waals surface area contributed by atoms with Crippen LogP contribution < -0.4 is 0 Å². The Bertz CT molecular complexity index is 179. The minimum Gasteiger partial charge on any atom is -0.417 e. The molecule has 0 N–H and O–H groups in total. The SMILES string of the molecule is C[C@@H]1CO[Si](C)(C)[C@H]1[C@@H](C)C=O. The molecule has 3 heteroatoms. The van der Waals surface area contributed by atoms with Gasteiger partial charge in [0.15, 0.2) is 8.32 Å². The van der Waals surface area contributed by atoms with Crippen molar-refractivity contribution < 1.29 is 9.22 Å². The summed E-state index contributed by atoms with van der Waals surface area (Å²) >= 11 is 0. The molecule has 0 aromatic rings. The van der Waals surface area contributed by atoms with Crippen LogP contribution in [-0.2, 0) is 9.22 Å². The predicted molar refractivity (Wildman–Crippen MR) is 51.6 cm³/mol. The van der Waals surface area contributed by atoms with Gasteiger partial charge >= 0.3 is 0 Å². The molecule has 12 heavy (non-hydrogen) atoms. The number of carbonyl (C=O) groups excluding carboxylic acids is 1. The maximum absolute atomic E-state index is 10.7. The summed E-state index contributed by atoms with van der Waals surface area (Å²) in [6.45, 7) is 9.47. The van der Waals surface area contributed by atoms with E-state index in [9.17, 15) is 4.79 Å². The Balaban J connectivity index is 2.77.